The fourth-order valence-electron chi connectivity index (χ4n) is 6.32. The average molecular weight is 643 g/mol. The normalized spacial score (nSPS) is 17.5. The van der Waals surface area contributed by atoms with Gasteiger partial charge in [0.2, 0.25) is 0 Å². The van der Waals surface area contributed by atoms with E-state index in [9.17, 15) is 0 Å². The van der Waals surface area contributed by atoms with Gasteiger partial charge in [0.1, 0.15) is 5.71 Å². The molecule has 0 saturated carbocycles. The molecule has 2 heterocycles. The Morgan fingerprint density at radius 1 is 0.760 bits per heavy atom. The lowest BCUT2D eigenvalue weighted by atomic mass is 9.98. The van der Waals surface area contributed by atoms with Gasteiger partial charge < -0.3 is 0 Å². The zero-order valence-corrected chi connectivity index (χ0v) is 28.3. The van der Waals surface area contributed by atoms with Crippen molar-refractivity contribution in [3.05, 3.63) is 203 Å². The van der Waals surface area contributed by atoms with Crippen LogP contribution >= 0.6 is 0 Å². The van der Waals surface area contributed by atoms with Crippen LogP contribution in [0.4, 0.5) is 0 Å². The minimum Gasteiger partial charge on any atom is -0.246 e. The molecule has 3 aliphatic rings. The van der Waals surface area contributed by atoms with Crippen LogP contribution in [0.5, 0.6) is 0 Å². The van der Waals surface area contributed by atoms with Crippen LogP contribution in [0.15, 0.2) is 181 Å². The van der Waals surface area contributed by atoms with E-state index in [0.717, 1.165) is 56.4 Å². The summed E-state index contributed by atoms with van der Waals surface area (Å²) in [5.41, 5.74) is 9.42. The SMILES string of the molecule is C=C/C=c1/c(-c2ccccc2)cc(C2=CC=C3C=CCC=CC3C=C2)n/c1=C1/CC#CC(c2ccc3ccccc3c2)=N1.Cc1ccccc1. The Labute approximate surface area is 295 Å². The van der Waals surface area contributed by atoms with Crippen molar-refractivity contribution in [2.45, 2.75) is 19.8 Å². The van der Waals surface area contributed by atoms with Crippen LogP contribution in [0.1, 0.15) is 29.7 Å². The first-order chi connectivity index (χ1) is 24.7. The summed E-state index contributed by atoms with van der Waals surface area (Å²) >= 11 is 0. The topological polar surface area (TPSA) is 25.2 Å². The molecule has 240 valence electrons. The molecule has 0 saturated heterocycles. The minimum absolute atomic E-state index is 0.256. The van der Waals surface area contributed by atoms with Gasteiger partial charge in [-0.25, -0.2) is 9.98 Å². The van der Waals surface area contributed by atoms with Crippen molar-refractivity contribution in [1.29, 1.82) is 0 Å². The Kier molecular flexibility index (Phi) is 9.86. The second-order valence-corrected chi connectivity index (χ2v) is 12.4. The molecule has 2 heteroatoms. The fraction of sp³-hybridized carbons (Fsp3) is 0.0833. The van der Waals surface area contributed by atoms with E-state index < -0.39 is 0 Å². The second-order valence-electron chi connectivity index (χ2n) is 12.4. The summed E-state index contributed by atoms with van der Waals surface area (Å²) in [7, 11) is 0. The molecular formula is C48H38N2. The van der Waals surface area contributed by atoms with Gasteiger partial charge in [-0.3, -0.25) is 0 Å². The maximum Gasteiger partial charge on any atom is 0.120 e. The summed E-state index contributed by atoms with van der Waals surface area (Å²) in [6, 6.07) is 37.7. The number of hydrogen-bond acceptors (Lipinski definition) is 2. The largest absolute Gasteiger partial charge is 0.246 e. The molecule has 1 aromatic heterocycles. The number of allylic oxidation sites excluding steroid dienone is 11. The summed E-state index contributed by atoms with van der Waals surface area (Å²) in [5, 5.41) is 4.21. The molecule has 2 aliphatic carbocycles. The van der Waals surface area contributed by atoms with E-state index in [2.05, 4.69) is 159 Å². The quantitative estimate of drug-likeness (QED) is 0.142. The zero-order valence-electron chi connectivity index (χ0n) is 28.3. The van der Waals surface area contributed by atoms with Crippen molar-refractivity contribution < 1.29 is 0 Å². The van der Waals surface area contributed by atoms with Crippen molar-refractivity contribution in [2.75, 3.05) is 0 Å². The Balaban J connectivity index is 0.000000501. The van der Waals surface area contributed by atoms with Crippen LogP contribution in [0, 0.1) is 24.7 Å². The van der Waals surface area contributed by atoms with Gasteiger partial charge in [-0.15, -0.1) is 0 Å². The smallest absolute Gasteiger partial charge is 0.120 e. The van der Waals surface area contributed by atoms with Gasteiger partial charge in [-0.1, -0.05) is 176 Å². The number of rotatable bonds is 4. The van der Waals surface area contributed by atoms with Gasteiger partial charge >= 0.3 is 0 Å². The van der Waals surface area contributed by atoms with Crippen LogP contribution < -0.4 is 10.6 Å². The third kappa shape index (κ3) is 7.39. The van der Waals surface area contributed by atoms with Gasteiger partial charge in [-0.05, 0) is 64.4 Å². The molecule has 1 aliphatic heterocycles. The Morgan fingerprint density at radius 3 is 2.32 bits per heavy atom. The lowest BCUT2D eigenvalue weighted by molar-refractivity contribution is 1.01. The van der Waals surface area contributed by atoms with E-state index >= 15 is 0 Å². The van der Waals surface area contributed by atoms with Crippen molar-refractivity contribution in [3.8, 4) is 23.0 Å². The van der Waals surface area contributed by atoms with Crippen LogP contribution in [0.3, 0.4) is 0 Å². The van der Waals surface area contributed by atoms with E-state index in [1.54, 1.807) is 0 Å². The van der Waals surface area contributed by atoms with E-state index in [0.29, 0.717) is 6.42 Å². The van der Waals surface area contributed by atoms with E-state index in [1.165, 1.54) is 21.9 Å². The molecule has 0 radical (unpaired) electrons. The number of benzene rings is 4. The summed E-state index contributed by atoms with van der Waals surface area (Å²) in [5.74, 6) is 6.91. The van der Waals surface area contributed by atoms with Gasteiger partial charge in [-0.2, -0.15) is 0 Å². The van der Waals surface area contributed by atoms with E-state index in [1.807, 2.05) is 36.4 Å². The van der Waals surface area contributed by atoms with Gasteiger partial charge in [0, 0.05) is 16.7 Å². The number of aryl methyl sites for hydroxylation is 1. The summed E-state index contributed by atoms with van der Waals surface area (Å²) < 4.78 is 0. The molecular weight excluding hydrogens is 605 g/mol. The maximum absolute atomic E-state index is 5.30. The second kappa shape index (κ2) is 15.3. The molecule has 1 unspecified atom stereocenters. The molecule has 0 bridgehead atoms. The van der Waals surface area contributed by atoms with Crippen molar-refractivity contribution in [1.82, 2.24) is 4.98 Å². The summed E-state index contributed by atoms with van der Waals surface area (Å²) in [6.07, 6.45) is 23.2. The molecule has 0 spiro atoms. The van der Waals surface area contributed by atoms with Crippen LogP contribution in [-0.4, -0.2) is 10.7 Å². The Bertz CT molecular complexity index is 2440. The minimum atomic E-state index is 0.256. The summed E-state index contributed by atoms with van der Waals surface area (Å²) in [6.45, 7) is 6.13. The van der Waals surface area contributed by atoms with Gasteiger partial charge in [0.25, 0.3) is 0 Å². The number of pyridine rings is 1. The highest BCUT2D eigenvalue weighted by molar-refractivity contribution is 6.16. The highest BCUT2D eigenvalue weighted by atomic mass is 14.8. The Hall–Kier alpha value is -6.30. The highest BCUT2D eigenvalue weighted by Gasteiger charge is 2.15. The molecule has 0 fully saturated rings. The average Bonchev–Trinajstić information content (AvgIpc) is 3.52. The number of aromatic nitrogens is 1. The molecule has 0 amide bonds. The fourth-order valence-corrected chi connectivity index (χ4v) is 6.32. The first-order valence-electron chi connectivity index (χ1n) is 17.1. The predicted molar refractivity (Wildman–Crippen MR) is 213 cm³/mol. The molecule has 8 rings (SSSR count). The Morgan fingerprint density at radius 2 is 1.54 bits per heavy atom. The van der Waals surface area contributed by atoms with Gasteiger partial charge in [0.05, 0.1) is 23.2 Å². The standard InChI is InChI=1S/C41H30N2.C7H8/c1-2-12-36-37(32-16-7-4-8-17-32)28-40(33-24-21-29-13-5-3-6-14-30(29)22-25-33)43-41(36)39-20-11-19-38(42-39)35-26-23-31-15-9-10-18-34(31)27-35;1-7-5-3-2-4-6-7/h2,4-10,12-18,21-29H,1,3,20H2;2-6H,1H3/b36-12-,41-39-;. The van der Waals surface area contributed by atoms with Crippen molar-refractivity contribution in [3.63, 3.8) is 0 Å². The summed E-state index contributed by atoms with van der Waals surface area (Å²) in [4.78, 5) is 10.5. The van der Waals surface area contributed by atoms with Crippen molar-refractivity contribution in [2.24, 2.45) is 10.9 Å². The molecule has 1 atom stereocenters. The number of fused-ring (bicyclic) bond motifs is 2. The van der Waals surface area contributed by atoms with Crippen LogP contribution in [0.25, 0.3) is 39.2 Å². The highest BCUT2D eigenvalue weighted by Crippen LogP contribution is 2.28. The third-order valence-electron chi connectivity index (χ3n) is 8.92. The van der Waals surface area contributed by atoms with Crippen molar-refractivity contribution >= 4 is 33.8 Å². The first kappa shape index (κ1) is 32.3. The number of nitrogens with zero attached hydrogens (tertiary/aromatic N) is 2. The maximum atomic E-state index is 5.30. The lowest BCUT2D eigenvalue weighted by Crippen LogP contribution is -2.33. The van der Waals surface area contributed by atoms with Crippen LogP contribution in [-0.2, 0) is 0 Å². The van der Waals surface area contributed by atoms with E-state index in [4.69, 9.17) is 9.98 Å². The molecule has 5 aromatic rings. The monoisotopic (exact) mass is 642 g/mol. The number of hydrogen-bond donors (Lipinski definition) is 0. The zero-order chi connectivity index (χ0) is 34.1. The molecule has 0 N–H and O–H groups in total. The third-order valence-corrected chi connectivity index (χ3v) is 8.92. The van der Waals surface area contributed by atoms with Crippen LogP contribution in [0.2, 0.25) is 0 Å². The van der Waals surface area contributed by atoms with Gasteiger partial charge in [0.15, 0.2) is 0 Å². The molecule has 4 aromatic carbocycles. The lowest BCUT2D eigenvalue weighted by Gasteiger charge is -2.12. The first-order valence-corrected chi connectivity index (χ1v) is 17.1. The molecule has 2 nitrogen and oxygen atoms in total. The molecule has 50 heavy (non-hydrogen) atoms. The number of aliphatic imine (C=N–C) groups is 1. The predicted octanol–water partition coefficient (Wildman–Crippen LogP) is 9.88. The van der Waals surface area contributed by atoms with E-state index in [-0.39, 0.29) is 5.92 Å².